The molecule has 2 fully saturated rings. The molecule has 1 aliphatic heterocycles. The van der Waals surface area contributed by atoms with Gasteiger partial charge >= 0.3 is 0 Å². The number of carbonyl (C=O) groups is 1. The quantitative estimate of drug-likeness (QED) is 0.873. The molecule has 1 saturated carbocycles. The Balaban J connectivity index is 1.47. The monoisotopic (exact) mass is 290 g/mol. The average Bonchev–Trinajstić information content (AvgIpc) is 3.22. The first-order valence-corrected chi connectivity index (χ1v) is 8.21. The standard InChI is InChI=1S/C16H26N4O/c1-11-4-3-7-20(10-11)12(2)9-17-16(21)15-8-14(18-19-15)13-5-6-13/h8,11-13H,3-7,9-10H2,1-2H3,(H,17,21)(H,18,19)/t11-,12-/m0/s1. The van der Waals surface area contributed by atoms with Gasteiger partial charge < -0.3 is 5.32 Å². The van der Waals surface area contributed by atoms with Crippen molar-refractivity contribution in [3.8, 4) is 0 Å². The number of H-pyrrole nitrogens is 1. The lowest BCUT2D eigenvalue weighted by molar-refractivity contribution is 0.0912. The van der Waals surface area contributed by atoms with E-state index in [0.717, 1.165) is 24.7 Å². The Morgan fingerprint density at radius 2 is 2.33 bits per heavy atom. The fourth-order valence-electron chi connectivity index (χ4n) is 3.14. The molecule has 1 aromatic rings. The fourth-order valence-corrected chi connectivity index (χ4v) is 3.14. The van der Waals surface area contributed by atoms with Crippen LogP contribution in [0.5, 0.6) is 0 Å². The van der Waals surface area contributed by atoms with E-state index in [9.17, 15) is 4.79 Å². The van der Waals surface area contributed by atoms with E-state index in [4.69, 9.17) is 0 Å². The minimum atomic E-state index is -0.0601. The van der Waals surface area contributed by atoms with E-state index in [2.05, 4.69) is 34.3 Å². The molecule has 21 heavy (non-hydrogen) atoms. The molecular formula is C16H26N4O. The molecule has 2 N–H and O–H groups in total. The van der Waals surface area contributed by atoms with E-state index in [1.807, 2.05) is 6.07 Å². The number of nitrogens with zero attached hydrogens (tertiary/aromatic N) is 2. The number of rotatable bonds is 5. The summed E-state index contributed by atoms with van der Waals surface area (Å²) in [6.45, 7) is 7.48. The topological polar surface area (TPSA) is 61.0 Å². The lowest BCUT2D eigenvalue weighted by atomic mass is 9.99. The molecule has 2 aliphatic rings. The van der Waals surface area contributed by atoms with Crippen LogP contribution in [0.15, 0.2) is 6.07 Å². The van der Waals surface area contributed by atoms with Crippen LogP contribution >= 0.6 is 0 Å². The summed E-state index contributed by atoms with van der Waals surface area (Å²) in [5, 5.41) is 10.1. The predicted octanol–water partition coefficient (Wildman–Crippen LogP) is 2.14. The highest BCUT2D eigenvalue weighted by atomic mass is 16.1. The van der Waals surface area contributed by atoms with Crippen LogP contribution in [0.3, 0.4) is 0 Å². The molecule has 0 radical (unpaired) electrons. The zero-order valence-electron chi connectivity index (χ0n) is 13.1. The molecule has 1 aliphatic carbocycles. The first kappa shape index (κ1) is 14.6. The van der Waals surface area contributed by atoms with Gasteiger partial charge in [-0.05, 0) is 51.1 Å². The van der Waals surface area contributed by atoms with E-state index in [-0.39, 0.29) is 5.91 Å². The van der Waals surface area contributed by atoms with Gasteiger partial charge in [-0.2, -0.15) is 5.10 Å². The summed E-state index contributed by atoms with van der Waals surface area (Å²) in [4.78, 5) is 14.6. The number of hydrogen-bond donors (Lipinski definition) is 2. The van der Waals surface area contributed by atoms with Gasteiger partial charge in [0.1, 0.15) is 5.69 Å². The molecule has 0 aromatic carbocycles. The highest BCUT2D eigenvalue weighted by molar-refractivity contribution is 5.92. The summed E-state index contributed by atoms with van der Waals surface area (Å²) < 4.78 is 0. The Labute approximate surface area is 126 Å². The maximum Gasteiger partial charge on any atom is 0.271 e. The molecule has 0 spiro atoms. The second-order valence-corrected chi connectivity index (χ2v) is 6.78. The highest BCUT2D eigenvalue weighted by Crippen LogP contribution is 2.38. The molecule has 1 aromatic heterocycles. The van der Waals surface area contributed by atoms with Crippen LogP contribution in [0.25, 0.3) is 0 Å². The molecule has 1 saturated heterocycles. The van der Waals surface area contributed by atoms with Gasteiger partial charge in [0.2, 0.25) is 0 Å². The van der Waals surface area contributed by atoms with Crippen LogP contribution in [-0.2, 0) is 0 Å². The van der Waals surface area contributed by atoms with Crippen LogP contribution in [0.4, 0.5) is 0 Å². The first-order valence-electron chi connectivity index (χ1n) is 8.21. The number of likely N-dealkylation sites (tertiary alicyclic amines) is 1. The zero-order chi connectivity index (χ0) is 14.8. The van der Waals surface area contributed by atoms with Crippen molar-refractivity contribution in [2.45, 2.75) is 51.5 Å². The van der Waals surface area contributed by atoms with Gasteiger partial charge in [-0.15, -0.1) is 0 Å². The van der Waals surface area contributed by atoms with Crippen LogP contribution in [0.1, 0.15) is 61.6 Å². The highest BCUT2D eigenvalue weighted by Gasteiger charge is 2.27. The third kappa shape index (κ3) is 3.64. The lowest BCUT2D eigenvalue weighted by Gasteiger charge is -2.35. The Bertz CT molecular complexity index is 494. The van der Waals surface area contributed by atoms with Gasteiger partial charge in [0.25, 0.3) is 5.91 Å². The van der Waals surface area contributed by atoms with Gasteiger partial charge in [0.05, 0.1) is 0 Å². The first-order chi connectivity index (χ1) is 10.1. The summed E-state index contributed by atoms with van der Waals surface area (Å²) in [5.74, 6) is 1.31. The number of piperidine rings is 1. The van der Waals surface area contributed by atoms with Crippen molar-refractivity contribution in [3.63, 3.8) is 0 Å². The molecular weight excluding hydrogens is 264 g/mol. The van der Waals surface area contributed by atoms with Gasteiger partial charge in [-0.3, -0.25) is 14.8 Å². The fraction of sp³-hybridized carbons (Fsp3) is 0.750. The molecule has 116 valence electrons. The number of aromatic nitrogens is 2. The number of amides is 1. The number of nitrogens with one attached hydrogen (secondary N) is 2. The van der Waals surface area contributed by atoms with Gasteiger partial charge in [-0.1, -0.05) is 6.92 Å². The maximum atomic E-state index is 12.1. The molecule has 3 rings (SSSR count). The van der Waals surface area contributed by atoms with Crippen molar-refractivity contribution >= 4 is 5.91 Å². The van der Waals surface area contributed by atoms with Crippen molar-refractivity contribution < 1.29 is 4.79 Å². The van der Waals surface area contributed by atoms with Crippen molar-refractivity contribution in [1.82, 2.24) is 20.4 Å². The SMILES string of the molecule is C[C@H]1CCCN([C@@H](C)CNC(=O)c2cc(C3CC3)[nH]n2)C1. The lowest BCUT2D eigenvalue weighted by Crippen LogP contribution is -2.46. The molecule has 5 heteroatoms. The van der Waals surface area contributed by atoms with Gasteiger partial charge in [-0.25, -0.2) is 0 Å². The molecule has 2 atom stereocenters. The second-order valence-electron chi connectivity index (χ2n) is 6.78. The molecule has 2 heterocycles. The third-order valence-electron chi connectivity index (χ3n) is 4.72. The molecule has 5 nitrogen and oxygen atoms in total. The maximum absolute atomic E-state index is 12.1. The van der Waals surface area contributed by atoms with E-state index < -0.39 is 0 Å². The normalized spacial score (nSPS) is 24.8. The van der Waals surface area contributed by atoms with Crippen molar-refractivity contribution in [1.29, 1.82) is 0 Å². The van der Waals surface area contributed by atoms with E-state index in [0.29, 0.717) is 24.2 Å². The Morgan fingerprint density at radius 1 is 1.52 bits per heavy atom. The summed E-state index contributed by atoms with van der Waals surface area (Å²) in [6, 6.07) is 2.29. The largest absolute Gasteiger partial charge is 0.349 e. The number of hydrogen-bond acceptors (Lipinski definition) is 3. The summed E-state index contributed by atoms with van der Waals surface area (Å²) >= 11 is 0. The van der Waals surface area contributed by atoms with E-state index >= 15 is 0 Å². The van der Waals surface area contributed by atoms with Crippen molar-refractivity contribution in [3.05, 3.63) is 17.5 Å². The Hall–Kier alpha value is -1.36. The predicted molar refractivity (Wildman–Crippen MR) is 82.3 cm³/mol. The zero-order valence-corrected chi connectivity index (χ0v) is 13.1. The summed E-state index contributed by atoms with van der Waals surface area (Å²) in [7, 11) is 0. The number of aromatic amines is 1. The van der Waals surface area contributed by atoms with E-state index in [1.54, 1.807) is 0 Å². The Kier molecular flexibility index (Phi) is 4.29. The van der Waals surface area contributed by atoms with Gasteiger partial charge in [0.15, 0.2) is 0 Å². The van der Waals surface area contributed by atoms with Crippen LogP contribution in [-0.4, -0.2) is 46.7 Å². The second kappa shape index (κ2) is 6.18. The average molecular weight is 290 g/mol. The third-order valence-corrected chi connectivity index (χ3v) is 4.72. The smallest absolute Gasteiger partial charge is 0.271 e. The van der Waals surface area contributed by atoms with Gasteiger partial charge in [0, 0.05) is 30.7 Å². The van der Waals surface area contributed by atoms with E-state index in [1.165, 1.54) is 25.7 Å². The van der Waals surface area contributed by atoms with Crippen molar-refractivity contribution in [2.24, 2.45) is 5.92 Å². The van der Waals surface area contributed by atoms with Crippen LogP contribution < -0.4 is 5.32 Å². The summed E-state index contributed by atoms with van der Waals surface area (Å²) in [5.41, 5.74) is 1.63. The van der Waals surface area contributed by atoms with Crippen molar-refractivity contribution in [2.75, 3.05) is 19.6 Å². The van der Waals surface area contributed by atoms with Crippen LogP contribution in [0, 0.1) is 5.92 Å². The van der Waals surface area contributed by atoms with Crippen LogP contribution in [0.2, 0.25) is 0 Å². The number of carbonyl (C=O) groups excluding carboxylic acids is 1. The summed E-state index contributed by atoms with van der Waals surface area (Å²) in [6.07, 6.45) is 5.03. The molecule has 0 unspecified atom stereocenters. The minimum Gasteiger partial charge on any atom is -0.349 e. The minimum absolute atomic E-state index is 0.0601. The molecule has 0 bridgehead atoms. The Morgan fingerprint density at radius 3 is 3.05 bits per heavy atom. The molecule has 1 amide bonds.